The Bertz CT molecular complexity index is 3340. The van der Waals surface area contributed by atoms with Crippen LogP contribution < -0.4 is 10.6 Å². The maximum Gasteiger partial charge on any atom is 0.295 e. The molecule has 0 bridgehead atoms. The molecule has 1 aromatic heterocycles. The van der Waals surface area contributed by atoms with Gasteiger partial charge < -0.3 is 10.6 Å². The van der Waals surface area contributed by atoms with E-state index in [2.05, 4.69) is 46.0 Å². The number of aromatic nitrogens is 3. The van der Waals surface area contributed by atoms with Crippen molar-refractivity contribution in [3.8, 4) is 0 Å². The number of hydrogen-bond acceptors (Lipinski definition) is 17. The Labute approximate surface area is 358 Å². The number of rotatable bonds is 12. The fourth-order valence-electron chi connectivity index (χ4n) is 6.38. The average molecular weight is 934 g/mol. The van der Waals surface area contributed by atoms with Crippen LogP contribution >= 0.6 is 0 Å². The van der Waals surface area contributed by atoms with Crippen molar-refractivity contribution in [2.24, 2.45) is 20.5 Å². The van der Waals surface area contributed by atoms with Crippen molar-refractivity contribution >= 4 is 108 Å². The molecule has 21 nitrogen and oxygen atoms in total. The summed E-state index contributed by atoms with van der Waals surface area (Å²) in [6, 6.07) is 21.4. The average Bonchev–Trinajstić information content (AvgIpc) is 3.17. The zero-order valence-electron chi connectivity index (χ0n) is 32.6. The van der Waals surface area contributed by atoms with E-state index in [0.717, 1.165) is 24.3 Å². The molecular weight excluding hydrogens is 903 g/mol. The van der Waals surface area contributed by atoms with Crippen molar-refractivity contribution in [1.29, 1.82) is 0 Å². The third-order valence-corrected chi connectivity index (χ3v) is 12.7. The molecule has 0 unspecified atom stereocenters. The van der Waals surface area contributed by atoms with Crippen LogP contribution in [-0.2, 0) is 40.5 Å². The molecule has 324 valence electrons. The number of fused-ring (bicyclic) bond motifs is 2. The molecule has 6 aromatic carbocycles. The van der Waals surface area contributed by atoms with Crippen LogP contribution in [-0.4, -0.2) is 66.8 Å². The molecule has 0 aliphatic carbocycles. The van der Waals surface area contributed by atoms with Crippen LogP contribution in [0.1, 0.15) is 17.0 Å². The Kier molecular flexibility index (Phi) is 11.6. The van der Waals surface area contributed by atoms with Gasteiger partial charge in [-0.3, -0.25) is 18.2 Å². The molecular formula is C38H31N9O12S4. The van der Waals surface area contributed by atoms with Crippen molar-refractivity contribution < 1.29 is 51.9 Å². The maximum absolute atomic E-state index is 12.2. The lowest BCUT2D eigenvalue weighted by molar-refractivity contribution is 0.481. The van der Waals surface area contributed by atoms with Gasteiger partial charge in [-0.25, -0.2) is 0 Å². The first-order chi connectivity index (χ1) is 29.4. The molecule has 0 aliphatic heterocycles. The molecule has 0 saturated heterocycles. The monoisotopic (exact) mass is 933 g/mol. The molecule has 63 heavy (non-hydrogen) atoms. The quantitative estimate of drug-likeness (QED) is 0.0494. The van der Waals surface area contributed by atoms with Crippen molar-refractivity contribution in [2.45, 2.75) is 40.4 Å². The van der Waals surface area contributed by atoms with Crippen LogP contribution in [0.3, 0.4) is 0 Å². The number of nitrogens with one attached hydrogen (secondary N) is 2. The van der Waals surface area contributed by atoms with E-state index in [0.29, 0.717) is 39.7 Å². The molecule has 0 radical (unpaired) electrons. The largest absolute Gasteiger partial charge is 0.324 e. The van der Waals surface area contributed by atoms with E-state index in [1.54, 1.807) is 57.2 Å². The molecule has 1 heterocycles. The maximum atomic E-state index is 12.2. The van der Waals surface area contributed by atoms with Crippen LogP contribution in [0.5, 0.6) is 0 Å². The van der Waals surface area contributed by atoms with Gasteiger partial charge in [-0.15, -0.1) is 0 Å². The standard InChI is InChI=1S/C38H31N9O12S4/c1-20-14-23(10-12-31(20)46-44-25-16-29-27(35(18-25)62(54,55)56)6-4-8-33(29)60(48,49)50)41-37-39-22(3)40-38(43-37)42-24-11-13-32(21(2)15-24)47-45-26-17-30-28(36(19-26)63(57,58)59)7-5-9-34(30)61(51,52)53/h4-19H,1-3H3,(H,48,49,50)(H,51,52,53)(H,54,55,56)(H,57,58,59)(H2,39,40,41,42,43). The normalized spacial score (nSPS) is 12.7. The fourth-order valence-corrected chi connectivity index (χ4v) is 9.22. The third-order valence-electron chi connectivity index (χ3n) is 9.12. The number of nitrogens with zero attached hydrogens (tertiary/aromatic N) is 7. The summed E-state index contributed by atoms with van der Waals surface area (Å²) in [6.45, 7) is 5.09. The summed E-state index contributed by atoms with van der Waals surface area (Å²) in [5.74, 6) is 0.690. The van der Waals surface area contributed by atoms with Gasteiger partial charge in [-0.2, -0.15) is 69.1 Å². The summed E-state index contributed by atoms with van der Waals surface area (Å²) in [5, 5.41) is 22.0. The highest BCUT2D eigenvalue weighted by Gasteiger charge is 2.23. The van der Waals surface area contributed by atoms with Crippen molar-refractivity contribution in [3.05, 3.63) is 114 Å². The van der Waals surface area contributed by atoms with E-state index in [9.17, 15) is 51.9 Å². The molecule has 0 spiro atoms. The molecule has 0 amide bonds. The van der Waals surface area contributed by atoms with E-state index in [1.807, 2.05) is 0 Å². The van der Waals surface area contributed by atoms with E-state index in [1.165, 1.54) is 36.4 Å². The van der Waals surface area contributed by atoms with Crippen LogP contribution in [0, 0.1) is 20.8 Å². The van der Waals surface area contributed by atoms with E-state index in [-0.39, 0.29) is 44.8 Å². The number of anilines is 4. The lowest BCUT2D eigenvalue weighted by Crippen LogP contribution is -2.05. The predicted octanol–water partition coefficient (Wildman–Crippen LogP) is 8.41. The van der Waals surface area contributed by atoms with Gasteiger partial charge in [0.25, 0.3) is 40.5 Å². The highest BCUT2D eigenvalue weighted by atomic mass is 32.2. The van der Waals surface area contributed by atoms with Crippen molar-refractivity contribution in [2.75, 3.05) is 10.6 Å². The summed E-state index contributed by atoms with van der Waals surface area (Å²) in [4.78, 5) is 10.7. The summed E-state index contributed by atoms with van der Waals surface area (Å²) < 4.78 is 136. The minimum atomic E-state index is -4.85. The second-order valence-corrected chi connectivity index (χ2v) is 19.2. The van der Waals surface area contributed by atoms with Crippen molar-refractivity contribution in [3.63, 3.8) is 0 Å². The summed E-state index contributed by atoms with van der Waals surface area (Å²) >= 11 is 0. The minimum Gasteiger partial charge on any atom is -0.324 e. The van der Waals surface area contributed by atoms with Crippen LogP contribution in [0.2, 0.25) is 0 Å². The Hall–Kier alpha value is -6.71. The SMILES string of the molecule is Cc1nc(Nc2ccc(N=Nc3cc(S(=O)(=O)O)c4cccc(S(=O)(=O)O)c4c3)c(C)c2)nc(Nc2ccc(N=Nc3cc(S(=O)(=O)O)c4cccc(S(=O)(=O)O)c4c3)c(C)c2)n1. The minimum absolute atomic E-state index is 0.125. The summed E-state index contributed by atoms with van der Waals surface area (Å²) in [5.41, 5.74) is 2.70. The van der Waals surface area contributed by atoms with Gasteiger partial charge in [0.05, 0.1) is 22.7 Å². The lowest BCUT2D eigenvalue weighted by atomic mass is 10.1. The number of benzene rings is 6. The summed E-state index contributed by atoms with van der Waals surface area (Å²) in [6.07, 6.45) is 0. The van der Waals surface area contributed by atoms with Gasteiger partial charge in [0.2, 0.25) is 11.9 Å². The van der Waals surface area contributed by atoms with Crippen LogP contribution in [0.4, 0.5) is 46.0 Å². The third kappa shape index (κ3) is 10.0. The number of hydrogen-bond donors (Lipinski definition) is 6. The van der Waals surface area contributed by atoms with Crippen molar-refractivity contribution in [1.82, 2.24) is 15.0 Å². The van der Waals surface area contributed by atoms with E-state index >= 15 is 0 Å². The molecule has 0 saturated carbocycles. The van der Waals surface area contributed by atoms with Gasteiger partial charge in [-0.1, -0.05) is 24.3 Å². The van der Waals surface area contributed by atoms with Gasteiger partial charge in [0.1, 0.15) is 25.4 Å². The first kappa shape index (κ1) is 44.3. The Morgan fingerprint density at radius 1 is 0.429 bits per heavy atom. The Morgan fingerprint density at radius 3 is 1.16 bits per heavy atom. The topological polar surface area (TPSA) is 330 Å². The van der Waals surface area contributed by atoms with Gasteiger partial charge in [0.15, 0.2) is 0 Å². The first-order valence-corrected chi connectivity index (χ1v) is 23.5. The second-order valence-electron chi connectivity index (χ2n) is 13.7. The highest BCUT2D eigenvalue weighted by molar-refractivity contribution is 7.87. The molecule has 0 atom stereocenters. The summed E-state index contributed by atoms with van der Waals surface area (Å²) in [7, 11) is -19.3. The molecule has 7 rings (SSSR count). The second kappa shape index (κ2) is 16.5. The Balaban J connectivity index is 1.09. The molecule has 0 fully saturated rings. The van der Waals surface area contributed by atoms with Crippen LogP contribution in [0.25, 0.3) is 21.5 Å². The lowest BCUT2D eigenvalue weighted by Gasteiger charge is -2.11. The first-order valence-electron chi connectivity index (χ1n) is 17.8. The highest BCUT2D eigenvalue weighted by Crippen LogP contribution is 2.36. The Morgan fingerprint density at radius 2 is 0.810 bits per heavy atom. The molecule has 25 heteroatoms. The van der Waals surface area contributed by atoms with Gasteiger partial charge in [-0.05, 0) is 105 Å². The van der Waals surface area contributed by atoms with E-state index < -0.39 is 60.1 Å². The van der Waals surface area contributed by atoms with Gasteiger partial charge in [0, 0.05) is 32.9 Å². The zero-order chi connectivity index (χ0) is 45.6. The van der Waals surface area contributed by atoms with Gasteiger partial charge >= 0.3 is 0 Å². The number of aryl methyl sites for hydroxylation is 3. The van der Waals surface area contributed by atoms with Crippen LogP contribution in [0.15, 0.2) is 137 Å². The molecule has 6 N–H and O–H groups in total. The molecule has 7 aromatic rings. The smallest absolute Gasteiger partial charge is 0.295 e. The van der Waals surface area contributed by atoms with E-state index in [4.69, 9.17) is 0 Å². The fraction of sp³-hybridized carbons (Fsp3) is 0.0789. The predicted molar refractivity (Wildman–Crippen MR) is 229 cm³/mol. The number of azo groups is 2. The molecule has 0 aliphatic rings. The zero-order valence-corrected chi connectivity index (χ0v) is 35.8.